The molecule has 0 aliphatic rings. The average Bonchev–Trinajstić information content (AvgIpc) is 1.66. The summed E-state index contributed by atoms with van der Waals surface area (Å²) in [6.07, 6.45) is 0. The molecule has 0 saturated carbocycles. The van der Waals surface area contributed by atoms with Gasteiger partial charge in [-0.25, -0.2) is 0 Å². The maximum atomic E-state index is 5.42. The maximum Gasteiger partial charge on any atom is 1.00 e. The van der Waals surface area contributed by atoms with Gasteiger partial charge >= 0.3 is 29.6 Å². The van der Waals surface area contributed by atoms with Crippen molar-refractivity contribution in [2.75, 3.05) is 0 Å². The van der Waals surface area contributed by atoms with Crippen LogP contribution in [0.5, 0.6) is 0 Å². The van der Waals surface area contributed by atoms with Crippen molar-refractivity contribution >= 4 is 32.6 Å². The molecule has 0 saturated heterocycles. The second-order valence-corrected chi connectivity index (χ2v) is 30.6. The molecule has 0 aromatic rings. The second-order valence-electron chi connectivity index (χ2n) is 9.10. The van der Waals surface area contributed by atoms with Gasteiger partial charge in [-0.3, -0.25) is 0 Å². The Labute approximate surface area is 142 Å². The van der Waals surface area contributed by atoms with Gasteiger partial charge in [0.1, 0.15) is 0 Å². The van der Waals surface area contributed by atoms with Gasteiger partial charge in [-0.05, 0) is 0 Å². The van der Waals surface area contributed by atoms with E-state index in [1.165, 1.54) is 0 Å². The quantitative estimate of drug-likeness (QED) is 0.689. The molecule has 0 atom stereocenters. The molecule has 0 heterocycles. The van der Waals surface area contributed by atoms with Crippen LogP contribution in [0.3, 0.4) is 0 Å². The molecule has 0 aliphatic carbocycles. The number of hydrogen-bond donors (Lipinski definition) is 0. The van der Waals surface area contributed by atoms with Crippen LogP contribution in [-0.4, -0.2) is 32.6 Å². The van der Waals surface area contributed by atoms with Crippen LogP contribution < -0.4 is 29.6 Å². The van der Waals surface area contributed by atoms with E-state index < -0.39 is 32.6 Å². The molecule has 0 N–H and O–H groups in total. The van der Waals surface area contributed by atoms with Crippen molar-refractivity contribution in [3.8, 4) is 0 Å². The molecule has 0 aliphatic heterocycles. The fraction of sp³-hybridized carbons (Fsp3) is 1.00. The van der Waals surface area contributed by atoms with E-state index in [1.807, 2.05) is 0 Å². The summed E-state index contributed by atoms with van der Waals surface area (Å²) in [5.74, 6) is 0. The zero-order chi connectivity index (χ0) is 14.3. The molecule has 0 fully saturated rings. The van der Waals surface area contributed by atoms with Crippen molar-refractivity contribution in [2.24, 2.45) is 0 Å². The monoisotopic (exact) mass is 327 g/mol. The van der Waals surface area contributed by atoms with Crippen LogP contribution in [0.25, 0.3) is 4.65 Å². The molecule has 0 bridgehead atoms. The Morgan fingerprint density at radius 2 is 0.889 bits per heavy atom. The third-order valence-corrected chi connectivity index (χ3v) is 27.6. The van der Waals surface area contributed by atoms with Gasteiger partial charge in [0.2, 0.25) is 0 Å². The Bertz CT molecular complexity index is 247. The molecular weight excluding hydrogens is 293 g/mol. The number of nitrogens with zero attached hydrogens (tertiary/aromatic N) is 1. The van der Waals surface area contributed by atoms with Gasteiger partial charge in [0.15, 0.2) is 0 Å². The first-order chi connectivity index (χ1) is 7.07. The average molecular weight is 328 g/mol. The van der Waals surface area contributed by atoms with Crippen LogP contribution in [0.2, 0.25) is 76.8 Å². The van der Waals surface area contributed by atoms with Crippen LogP contribution in [-0.2, 0) is 0 Å². The molecule has 104 valence electrons. The van der Waals surface area contributed by atoms with E-state index in [1.54, 1.807) is 0 Å². The standard InChI is InChI=1S/C12H34NSi4.Na/c1-14(2,3)12(15(4,5)6)17(10,11)13-16(7,8)9;/h12H,1-11H3;/q-1;+1. The molecule has 0 unspecified atom stereocenters. The summed E-state index contributed by atoms with van der Waals surface area (Å²) in [5, 5.41) is 0. The normalized spacial score (nSPS) is 14.7. The summed E-state index contributed by atoms with van der Waals surface area (Å²) in [6.45, 7) is 27.6. The predicted octanol–water partition coefficient (Wildman–Crippen LogP) is 2.53. The first kappa shape index (κ1) is 22.1. The smallest absolute Gasteiger partial charge is 0.668 e. The summed E-state index contributed by atoms with van der Waals surface area (Å²) in [6, 6.07) is 0. The van der Waals surface area contributed by atoms with E-state index in [0.717, 1.165) is 4.79 Å². The van der Waals surface area contributed by atoms with Gasteiger partial charge in [0, 0.05) is 16.1 Å². The van der Waals surface area contributed by atoms with Crippen LogP contribution in [0.4, 0.5) is 0 Å². The Morgan fingerprint density at radius 1 is 0.611 bits per heavy atom. The summed E-state index contributed by atoms with van der Waals surface area (Å²) in [4.78, 5) is 0.995. The Morgan fingerprint density at radius 3 is 1.06 bits per heavy atom. The van der Waals surface area contributed by atoms with Gasteiger partial charge in [0.25, 0.3) is 0 Å². The molecule has 0 aromatic heterocycles. The minimum Gasteiger partial charge on any atom is -0.668 e. The minimum absolute atomic E-state index is 0. The zero-order valence-electron chi connectivity index (χ0n) is 15.0. The van der Waals surface area contributed by atoms with Gasteiger partial charge in [-0.1, -0.05) is 93.3 Å². The van der Waals surface area contributed by atoms with Crippen LogP contribution >= 0.6 is 0 Å². The first-order valence-corrected chi connectivity index (χ1v) is 20.4. The largest absolute Gasteiger partial charge is 1.00 e. The van der Waals surface area contributed by atoms with Gasteiger partial charge in [-0.15, -0.1) is 0 Å². The van der Waals surface area contributed by atoms with E-state index in [9.17, 15) is 0 Å². The van der Waals surface area contributed by atoms with E-state index >= 15 is 0 Å². The zero-order valence-corrected chi connectivity index (χ0v) is 21.0. The van der Waals surface area contributed by atoms with Crippen LogP contribution in [0.1, 0.15) is 0 Å². The second kappa shape index (κ2) is 6.73. The van der Waals surface area contributed by atoms with Gasteiger partial charge in [-0.2, -0.15) is 0 Å². The van der Waals surface area contributed by atoms with E-state index in [4.69, 9.17) is 4.65 Å². The number of hydrogen-bond acceptors (Lipinski definition) is 0. The summed E-state index contributed by atoms with van der Waals surface area (Å²) in [7, 11) is -4.92. The summed E-state index contributed by atoms with van der Waals surface area (Å²) < 4.78 is 5.42. The molecule has 18 heavy (non-hydrogen) atoms. The van der Waals surface area contributed by atoms with Gasteiger partial charge in [0.05, 0.1) is 0 Å². The maximum absolute atomic E-state index is 5.42. The Hall–Kier alpha value is 1.83. The van der Waals surface area contributed by atoms with Crippen LogP contribution in [0.15, 0.2) is 0 Å². The topological polar surface area (TPSA) is 14.1 Å². The fourth-order valence-electron chi connectivity index (χ4n) is 4.35. The minimum atomic E-state index is -1.43. The third-order valence-electron chi connectivity index (χ3n) is 3.06. The molecule has 0 spiro atoms. The van der Waals surface area contributed by atoms with Crippen molar-refractivity contribution in [3.63, 3.8) is 0 Å². The Kier molecular flexibility index (Phi) is 8.26. The van der Waals surface area contributed by atoms with Crippen molar-refractivity contribution in [1.82, 2.24) is 0 Å². The summed E-state index contributed by atoms with van der Waals surface area (Å²) in [5.41, 5.74) is 0. The molecule has 0 aromatic carbocycles. The molecule has 0 rings (SSSR count). The van der Waals surface area contributed by atoms with Gasteiger partial charge < -0.3 is 4.65 Å². The van der Waals surface area contributed by atoms with Crippen LogP contribution in [0, 0.1) is 0 Å². The van der Waals surface area contributed by atoms with Crippen molar-refractivity contribution in [3.05, 3.63) is 4.65 Å². The molecule has 0 radical (unpaired) electrons. The first-order valence-electron chi connectivity index (χ1n) is 6.81. The predicted molar refractivity (Wildman–Crippen MR) is 94.6 cm³/mol. The molecule has 1 nitrogen and oxygen atoms in total. The third kappa shape index (κ3) is 7.57. The Balaban J connectivity index is 0. The van der Waals surface area contributed by atoms with E-state index in [0.29, 0.717) is 0 Å². The van der Waals surface area contributed by atoms with Crippen molar-refractivity contribution in [2.45, 2.75) is 76.8 Å². The van der Waals surface area contributed by atoms with E-state index in [2.05, 4.69) is 72.0 Å². The number of rotatable bonds is 5. The van der Waals surface area contributed by atoms with Crippen molar-refractivity contribution in [1.29, 1.82) is 0 Å². The van der Waals surface area contributed by atoms with E-state index in [-0.39, 0.29) is 29.6 Å². The fourth-order valence-corrected chi connectivity index (χ4v) is 40.3. The SMILES string of the molecule is C[Si](C)(C)[N-][Si](C)(C)C([Si](C)(C)C)[Si](C)(C)C.[Na+]. The summed E-state index contributed by atoms with van der Waals surface area (Å²) >= 11 is 0. The molecule has 0 amide bonds. The van der Waals surface area contributed by atoms with Crippen molar-refractivity contribution < 1.29 is 29.6 Å². The molecular formula is C12H34NNaSi4. The molecule has 6 heteroatoms.